The lowest BCUT2D eigenvalue weighted by Gasteiger charge is -2.40. The van der Waals surface area contributed by atoms with Crippen LogP contribution < -0.4 is 10.5 Å². The second-order valence-electron chi connectivity index (χ2n) is 8.86. The third-order valence-electron chi connectivity index (χ3n) is 6.63. The van der Waals surface area contributed by atoms with Crippen LogP contribution in [0.2, 0.25) is 0 Å². The number of hydrogen-bond acceptors (Lipinski definition) is 6. The van der Waals surface area contributed by atoms with Crippen LogP contribution >= 0.6 is 0 Å². The first-order chi connectivity index (χ1) is 17.1. The van der Waals surface area contributed by atoms with Crippen molar-refractivity contribution in [2.75, 3.05) is 31.1 Å². The zero-order chi connectivity index (χ0) is 24.2. The van der Waals surface area contributed by atoms with E-state index in [1.54, 1.807) is 23.0 Å². The Labute approximate surface area is 204 Å². The highest BCUT2D eigenvalue weighted by molar-refractivity contribution is 5.42. The largest absolute Gasteiger partial charge is 0.507 e. The lowest BCUT2D eigenvalue weighted by molar-refractivity contribution is 0.207. The number of hydrogen-bond donors (Lipinski definition) is 1. The molecule has 0 amide bonds. The standard InChI is InChI=1S/C28H29N5O2/c1-21-18-24(34)26(28(35)33(21)20-22-8-7-12-29-19-22)27(23-9-3-2-4-10-23)32-16-14-31(15-17-32)25-11-5-6-13-30-25/h2-13,18-19,27,34H,14-17,20H2,1H3. The van der Waals surface area contributed by atoms with E-state index < -0.39 is 0 Å². The van der Waals surface area contributed by atoms with E-state index in [1.165, 1.54) is 0 Å². The maximum Gasteiger partial charge on any atom is 0.259 e. The normalized spacial score (nSPS) is 15.2. The highest BCUT2D eigenvalue weighted by Crippen LogP contribution is 2.33. The number of rotatable bonds is 6. The average molecular weight is 468 g/mol. The molecule has 1 atom stereocenters. The van der Waals surface area contributed by atoms with E-state index >= 15 is 0 Å². The van der Waals surface area contributed by atoms with Crippen molar-refractivity contribution in [1.82, 2.24) is 19.4 Å². The van der Waals surface area contributed by atoms with Gasteiger partial charge in [0.1, 0.15) is 11.6 Å². The summed E-state index contributed by atoms with van der Waals surface area (Å²) >= 11 is 0. The first-order valence-electron chi connectivity index (χ1n) is 11.9. The van der Waals surface area contributed by atoms with Gasteiger partial charge in [-0.1, -0.05) is 42.5 Å². The average Bonchev–Trinajstić information content (AvgIpc) is 2.91. The van der Waals surface area contributed by atoms with Crippen LogP contribution in [0, 0.1) is 6.92 Å². The van der Waals surface area contributed by atoms with E-state index in [4.69, 9.17) is 0 Å². The summed E-state index contributed by atoms with van der Waals surface area (Å²) in [5.41, 5.74) is 2.88. The lowest BCUT2D eigenvalue weighted by Crippen LogP contribution is -2.49. The molecule has 5 rings (SSSR count). The minimum absolute atomic E-state index is 0.0379. The molecule has 1 aromatic carbocycles. The van der Waals surface area contributed by atoms with Crippen molar-refractivity contribution in [2.24, 2.45) is 0 Å². The zero-order valence-corrected chi connectivity index (χ0v) is 19.8. The predicted molar refractivity (Wildman–Crippen MR) is 137 cm³/mol. The van der Waals surface area contributed by atoms with Crippen LogP contribution in [-0.4, -0.2) is 50.7 Å². The van der Waals surface area contributed by atoms with E-state index in [0.717, 1.165) is 43.1 Å². The van der Waals surface area contributed by atoms with Gasteiger partial charge in [0.2, 0.25) is 0 Å². The van der Waals surface area contributed by atoms with Crippen LogP contribution in [0.1, 0.15) is 28.4 Å². The van der Waals surface area contributed by atoms with Gasteiger partial charge < -0.3 is 14.6 Å². The van der Waals surface area contributed by atoms with Crippen LogP contribution in [0.3, 0.4) is 0 Å². The first kappa shape index (κ1) is 22.8. The quantitative estimate of drug-likeness (QED) is 0.467. The van der Waals surface area contributed by atoms with Crippen molar-refractivity contribution in [2.45, 2.75) is 19.5 Å². The monoisotopic (exact) mass is 467 g/mol. The first-order valence-corrected chi connectivity index (χ1v) is 11.9. The molecule has 178 valence electrons. The van der Waals surface area contributed by atoms with Crippen molar-refractivity contribution in [1.29, 1.82) is 0 Å². The third kappa shape index (κ3) is 4.81. The summed E-state index contributed by atoms with van der Waals surface area (Å²) in [5.74, 6) is 0.997. The van der Waals surface area contributed by atoms with Crippen molar-refractivity contribution >= 4 is 5.82 Å². The van der Waals surface area contributed by atoms with E-state index in [0.29, 0.717) is 17.8 Å². The summed E-state index contributed by atoms with van der Waals surface area (Å²) < 4.78 is 1.73. The lowest BCUT2D eigenvalue weighted by atomic mass is 9.96. The summed E-state index contributed by atoms with van der Waals surface area (Å²) in [6, 6.07) is 21.1. The molecule has 4 heterocycles. The fourth-order valence-electron chi connectivity index (χ4n) is 4.84. The van der Waals surface area contributed by atoms with Gasteiger partial charge in [0.15, 0.2) is 0 Å². The topological polar surface area (TPSA) is 74.5 Å². The van der Waals surface area contributed by atoms with Crippen molar-refractivity contribution in [3.63, 3.8) is 0 Å². The summed E-state index contributed by atoms with van der Waals surface area (Å²) in [7, 11) is 0. The molecule has 0 radical (unpaired) electrons. The summed E-state index contributed by atoms with van der Waals surface area (Å²) in [4.78, 5) is 27.1. The molecule has 0 spiro atoms. The molecule has 35 heavy (non-hydrogen) atoms. The Balaban J connectivity index is 1.52. The Morgan fingerprint density at radius 1 is 0.943 bits per heavy atom. The Morgan fingerprint density at radius 3 is 2.40 bits per heavy atom. The molecule has 4 aromatic rings. The SMILES string of the molecule is Cc1cc(O)c(C(c2ccccc2)N2CCN(c3ccccn3)CC2)c(=O)n1Cc1cccnc1. The Morgan fingerprint density at radius 2 is 1.71 bits per heavy atom. The van der Waals surface area contributed by atoms with Gasteiger partial charge in [0, 0.05) is 50.5 Å². The molecule has 1 aliphatic rings. The van der Waals surface area contributed by atoms with E-state index in [-0.39, 0.29) is 17.4 Å². The summed E-state index contributed by atoms with van der Waals surface area (Å²) in [6.45, 7) is 5.32. The fraction of sp³-hybridized carbons (Fsp3) is 0.250. The maximum absolute atomic E-state index is 13.9. The molecule has 7 nitrogen and oxygen atoms in total. The van der Waals surface area contributed by atoms with Gasteiger partial charge in [-0.25, -0.2) is 4.98 Å². The van der Waals surface area contributed by atoms with E-state index in [9.17, 15) is 9.90 Å². The molecule has 1 aliphatic heterocycles. The molecule has 7 heteroatoms. The van der Waals surface area contributed by atoms with Crippen molar-refractivity contribution in [3.05, 3.63) is 118 Å². The molecule has 1 saturated heterocycles. The van der Waals surface area contributed by atoms with Crippen molar-refractivity contribution in [3.8, 4) is 5.75 Å². The molecule has 3 aromatic heterocycles. The number of benzene rings is 1. The highest BCUT2D eigenvalue weighted by atomic mass is 16.3. The maximum atomic E-state index is 13.9. The Hall–Kier alpha value is -3.97. The van der Waals surface area contributed by atoms with E-state index in [2.05, 4.69) is 19.8 Å². The number of pyridine rings is 3. The van der Waals surface area contributed by atoms with Gasteiger partial charge in [-0.05, 0) is 42.3 Å². The number of piperazine rings is 1. The van der Waals surface area contributed by atoms with Gasteiger partial charge in [-0.3, -0.25) is 14.7 Å². The molecule has 1 unspecified atom stereocenters. The van der Waals surface area contributed by atoms with Gasteiger partial charge in [-0.2, -0.15) is 0 Å². The second kappa shape index (κ2) is 10.1. The van der Waals surface area contributed by atoms with Gasteiger partial charge in [0.25, 0.3) is 5.56 Å². The molecule has 1 N–H and O–H groups in total. The van der Waals surface area contributed by atoms with Crippen LogP contribution in [0.25, 0.3) is 0 Å². The van der Waals surface area contributed by atoms with Crippen LogP contribution in [-0.2, 0) is 6.54 Å². The van der Waals surface area contributed by atoms with Crippen molar-refractivity contribution < 1.29 is 5.11 Å². The fourth-order valence-corrected chi connectivity index (χ4v) is 4.84. The zero-order valence-electron chi connectivity index (χ0n) is 19.8. The number of aryl methyl sites for hydroxylation is 1. The number of aromatic nitrogens is 3. The number of aromatic hydroxyl groups is 1. The van der Waals surface area contributed by atoms with Crippen LogP contribution in [0.5, 0.6) is 5.75 Å². The van der Waals surface area contributed by atoms with Gasteiger partial charge >= 0.3 is 0 Å². The molecule has 1 fully saturated rings. The van der Waals surface area contributed by atoms with Gasteiger partial charge in [-0.15, -0.1) is 0 Å². The molecular weight excluding hydrogens is 438 g/mol. The number of nitrogens with zero attached hydrogens (tertiary/aromatic N) is 5. The molecule has 0 aliphatic carbocycles. The van der Waals surface area contributed by atoms with Crippen LogP contribution in [0.15, 0.2) is 90.1 Å². The Bertz CT molecular complexity index is 1320. The molecule has 0 saturated carbocycles. The van der Waals surface area contributed by atoms with Crippen LogP contribution in [0.4, 0.5) is 5.82 Å². The predicted octanol–water partition coefficient (Wildman–Crippen LogP) is 3.61. The smallest absolute Gasteiger partial charge is 0.259 e. The van der Waals surface area contributed by atoms with E-state index in [1.807, 2.05) is 73.8 Å². The molecular formula is C28H29N5O2. The van der Waals surface area contributed by atoms with Gasteiger partial charge in [0.05, 0.1) is 18.2 Å². The number of anilines is 1. The summed E-state index contributed by atoms with van der Waals surface area (Å²) in [5, 5.41) is 11.1. The Kier molecular flexibility index (Phi) is 6.59. The third-order valence-corrected chi connectivity index (χ3v) is 6.63. The molecule has 0 bridgehead atoms. The highest BCUT2D eigenvalue weighted by Gasteiger charge is 2.31. The minimum Gasteiger partial charge on any atom is -0.507 e. The second-order valence-corrected chi connectivity index (χ2v) is 8.86. The minimum atomic E-state index is -0.352. The summed E-state index contributed by atoms with van der Waals surface area (Å²) in [6.07, 6.45) is 5.30.